The Hall–Kier alpha value is -1.06. The highest BCUT2D eigenvalue weighted by Gasteiger charge is 2.04. The predicted molar refractivity (Wildman–Crippen MR) is 71.0 cm³/mol. The molecule has 4 heteroatoms. The van der Waals surface area contributed by atoms with Crippen LogP contribution in [0.4, 0.5) is 0 Å². The van der Waals surface area contributed by atoms with E-state index in [1.807, 2.05) is 38.1 Å². The molecule has 1 amide bonds. The van der Waals surface area contributed by atoms with E-state index in [1.54, 1.807) is 0 Å². The summed E-state index contributed by atoms with van der Waals surface area (Å²) in [6.45, 7) is 5.98. The standard InChI is InChI=1S/C13H19ClN2O/c1-10(2)13(17)16-8-7-15-9-11-3-5-12(14)6-4-11/h3-6,10,15H,7-9H2,1-2H3,(H,16,17). The van der Waals surface area contributed by atoms with Crippen LogP contribution in [0.15, 0.2) is 24.3 Å². The lowest BCUT2D eigenvalue weighted by Crippen LogP contribution is -2.34. The molecule has 1 rings (SSSR count). The number of carbonyl (C=O) groups is 1. The zero-order chi connectivity index (χ0) is 12.7. The van der Waals surface area contributed by atoms with Gasteiger partial charge >= 0.3 is 0 Å². The fourth-order valence-corrected chi connectivity index (χ4v) is 1.44. The Bertz CT molecular complexity index is 349. The number of halogens is 1. The highest BCUT2D eigenvalue weighted by Crippen LogP contribution is 2.08. The molecular weight excluding hydrogens is 236 g/mol. The van der Waals surface area contributed by atoms with Gasteiger partial charge in [0, 0.05) is 30.6 Å². The molecule has 2 N–H and O–H groups in total. The molecule has 0 aromatic heterocycles. The SMILES string of the molecule is CC(C)C(=O)NCCNCc1ccc(Cl)cc1. The van der Waals surface area contributed by atoms with E-state index in [0.29, 0.717) is 6.54 Å². The number of hydrogen-bond donors (Lipinski definition) is 2. The van der Waals surface area contributed by atoms with E-state index in [2.05, 4.69) is 10.6 Å². The van der Waals surface area contributed by atoms with Crippen molar-refractivity contribution in [1.29, 1.82) is 0 Å². The van der Waals surface area contributed by atoms with Crippen LogP contribution in [-0.4, -0.2) is 19.0 Å². The van der Waals surface area contributed by atoms with Crippen molar-refractivity contribution in [2.24, 2.45) is 5.92 Å². The molecular formula is C13H19ClN2O. The van der Waals surface area contributed by atoms with Crippen LogP contribution in [0.2, 0.25) is 5.02 Å². The second kappa shape index (κ2) is 7.30. The molecule has 17 heavy (non-hydrogen) atoms. The summed E-state index contributed by atoms with van der Waals surface area (Å²) >= 11 is 5.79. The molecule has 94 valence electrons. The first-order valence-electron chi connectivity index (χ1n) is 5.82. The van der Waals surface area contributed by atoms with Crippen molar-refractivity contribution in [3.8, 4) is 0 Å². The number of hydrogen-bond acceptors (Lipinski definition) is 2. The zero-order valence-electron chi connectivity index (χ0n) is 10.3. The zero-order valence-corrected chi connectivity index (χ0v) is 11.1. The van der Waals surface area contributed by atoms with E-state index in [4.69, 9.17) is 11.6 Å². The van der Waals surface area contributed by atoms with E-state index in [0.717, 1.165) is 18.1 Å². The van der Waals surface area contributed by atoms with Gasteiger partial charge in [-0.15, -0.1) is 0 Å². The molecule has 0 radical (unpaired) electrons. The topological polar surface area (TPSA) is 41.1 Å². The fourth-order valence-electron chi connectivity index (χ4n) is 1.31. The lowest BCUT2D eigenvalue weighted by molar-refractivity contribution is -0.123. The molecule has 0 aliphatic carbocycles. The van der Waals surface area contributed by atoms with Gasteiger partial charge in [0.05, 0.1) is 0 Å². The Balaban J connectivity index is 2.12. The van der Waals surface area contributed by atoms with Gasteiger partial charge in [-0.3, -0.25) is 4.79 Å². The Morgan fingerprint density at radius 3 is 2.47 bits per heavy atom. The maximum atomic E-state index is 11.3. The summed E-state index contributed by atoms with van der Waals surface area (Å²) < 4.78 is 0. The Morgan fingerprint density at radius 1 is 1.24 bits per heavy atom. The Labute approximate surface area is 108 Å². The van der Waals surface area contributed by atoms with Gasteiger partial charge in [0.2, 0.25) is 5.91 Å². The van der Waals surface area contributed by atoms with Gasteiger partial charge in [-0.25, -0.2) is 0 Å². The Kier molecular flexibility index (Phi) is 6.01. The van der Waals surface area contributed by atoms with Gasteiger partial charge in [0.15, 0.2) is 0 Å². The van der Waals surface area contributed by atoms with E-state index in [9.17, 15) is 4.79 Å². The highest BCUT2D eigenvalue weighted by atomic mass is 35.5. The smallest absolute Gasteiger partial charge is 0.222 e. The summed E-state index contributed by atoms with van der Waals surface area (Å²) in [5, 5.41) is 6.86. The molecule has 0 unspecified atom stereocenters. The normalized spacial score (nSPS) is 10.6. The minimum atomic E-state index is 0.0475. The van der Waals surface area contributed by atoms with Crippen LogP contribution >= 0.6 is 11.6 Å². The van der Waals surface area contributed by atoms with Crippen molar-refractivity contribution >= 4 is 17.5 Å². The minimum absolute atomic E-state index is 0.0475. The summed E-state index contributed by atoms with van der Waals surface area (Å²) in [4.78, 5) is 11.3. The van der Waals surface area contributed by atoms with E-state index < -0.39 is 0 Å². The van der Waals surface area contributed by atoms with Crippen molar-refractivity contribution in [1.82, 2.24) is 10.6 Å². The maximum absolute atomic E-state index is 11.3. The van der Waals surface area contributed by atoms with Gasteiger partial charge in [-0.1, -0.05) is 37.6 Å². The monoisotopic (exact) mass is 254 g/mol. The third-order valence-corrected chi connectivity index (χ3v) is 2.62. The molecule has 0 spiro atoms. The number of nitrogens with one attached hydrogen (secondary N) is 2. The van der Waals surface area contributed by atoms with Crippen molar-refractivity contribution in [2.75, 3.05) is 13.1 Å². The average molecular weight is 255 g/mol. The fraction of sp³-hybridized carbons (Fsp3) is 0.462. The second-order valence-electron chi connectivity index (χ2n) is 4.25. The average Bonchev–Trinajstić information content (AvgIpc) is 2.30. The maximum Gasteiger partial charge on any atom is 0.222 e. The molecule has 0 saturated carbocycles. The lowest BCUT2D eigenvalue weighted by atomic mass is 10.2. The minimum Gasteiger partial charge on any atom is -0.355 e. The van der Waals surface area contributed by atoms with E-state index >= 15 is 0 Å². The second-order valence-corrected chi connectivity index (χ2v) is 4.69. The summed E-state index contributed by atoms with van der Waals surface area (Å²) in [7, 11) is 0. The number of carbonyl (C=O) groups excluding carboxylic acids is 1. The summed E-state index contributed by atoms with van der Waals surface area (Å²) in [5.74, 6) is 0.143. The van der Waals surface area contributed by atoms with Crippen LogP contribution < -0.4 is 10.6 Å². The van der Waals surface area contributed by atoms with Crippen LogP contribution in [0.5, 0.6) is 0 Å². The number of rotatable bonds is 6. The predicted octanol–water partition coefficient (Wildman–Crippen LogP) is 2.20. The molecule has 0 heterocycles. The van der Waals surface area contributed by atoms with Crippen LogP contribution in [0.3, 0.4) is 0 Å². The third kappa shape index (κ3) is 5.71. The summed E-state index contributed by atoms with van der Waals surface area (Å²) in [6.07, 6.45) is 0. The first kappa shape index (κ1) is 14.0. The molecule has 0 aliphatic heterocycles. The molecule has 0 bridgehead atoms. The van der Waals surface area contributed by atoms with Crippen molar-refractivity contribution < 1.29 is 4.79 Å². The number of benzene rings is 1. The van der Waals surface area contributed by atoms with E-state index in [-0.39, 0.29) is 11.8 Å². The van der Waals surface area contributed by atoms with Crippen molar-refractivity contribution in [3.05, 3.63) is 34.9 Å². The molecule has 0 aliphatic rings. The van der Waals surface area contributed by atoms with Crippen molar-refractivity contribution in [2.45, 2.75) is 20.4 Å². The van der Waals surface area contributed by atoms with Gasteiger partial charge in [-0.2, -0.15) is 0 Å². The van der Waals surface area contributed by atoms with Crippen LogP contribution in [0, 0.1) is 5.92 Å². The van der Waals surface area contributed by atoms with Gasteiger partial charge in [-0.05, 0) is 17.7 Å². The third-order valence-electron chi connectivity index (χ3n) is 2.37. The summed E-state index contributed by atoms with van der Waals surface area (Å²) in [5.41, 5.74) is 1.18. The summed E-state index contributed by atoms with van der Waals surface area (Å²) in [6, 6.07) is 7.72. The molecule has 3 nitrogen and oxygen atoms in total. The molecule has 1 aromatic rings. The quantitative estimate of drug-likeness (QED) is 0.765. The molecule has 1 aromatic carbocycles. The molecule has 0 saturated heterocycles. The number of amides is 1. The lowest BCUT2D eigenvalue weighted by Gasteiger charge is -2.08. The molecule has 0 atom stereocenters. The van der Waals surface area contributed by atoms with Gasteiger partial charge < -0.3 is 10.6 Å². The molecule has 0 fully saturated rings. The van der Waals surface area contributed by atoms with E-state index in [1.165, 1.54) is 5.56 Å². The first-order valence-corrected chi connectivity index (χ1v) is 6.20. The van der Waals surface area contributed by atoms with Crippen LogP contribution in [0.25, 0.3) is 0 Å². The van der Waals surface area contributed by atoms with Crippen LogP contribution in [-0.2, 0) is 11.3 Å². The largest absolute Gasteiger partial charge is 0.355 e. The highest BCUT2D eigenvalue weighted by molar-refractivity contribution is 6.30. The van der Waals surface area contributed by atoms with Gasteiger partial charge in [0.25, 0.3) is 0 Å². The Morgan fingerprint density at radius 2 is 1.88 bits per heavy atom. The van der Waals surface area contributed by atoms with Crippen molar-refractivity contribution in [3.63, 3.8) is 0 Å². The van der Waals surface area contributed by atoms with Crippen LogP contribution in [0.1, 0.15) is 19.4 Å². The van der Waals surface area contributed by atoms with Gasteiger partial charge in [0.1, 0.15) is 0 Å². The first-order chi connectivity index (χ1) is 8.09.